The summed E-state index contributed by atoms with van der Waals surface area (Å²) in [6, 6.07) is 12.9. The first-order chi connectivity index (χ1) is 11.7. The molecule has 0 aliphatic carbocycles. The molecule has 2 aliphatic heterocycles. The summed E-state index contributed by atoms with van der Waals surface area (Å²) in [7, 11) is 0. The first-order valence-corrected chi connectivity index (χ1v) is 7.51. The van der Waals surface area contributed by atoms with E-state index in [4.69, 9.17) is 9.15 Å². The van der Waals surface area contributed by atoms with Gasteiger partial charge in [0, 0.05) is 5.39 Å². The zero-order valence-electron chi connectivity index (χ0n) is 12.8. The smallest absolute Gasteiger partial charge is 0.284 e. The van der Waals surface area contributed by atoms with E-state index >= 15 is 0 Å². The highest BCUT2D eigenvalue weighted by Crippen LogP contribution is 2.31. The Morgan fingerprint density at radius 3 is 2.83 bits per heavy atom. The number of nitrogens with zero attached hydrogens (tertiary/aromatic N) is 2. The number of hydrogen-bond acceptors (Lipinski definition) is 4. The van der Waals surface area contributed by atoms with Crippen molar-refractivity contribution in [3.05, 3.63) is 64.7 Å². The summed E-state index contributed by atoms with van der Waals surface area (Å²) in [5.74, 6) is 0.334. The normalized spacial score (nSPS) is 11.2. The summed E-state index contributed by atoms with van der Waals surface area (Å²) in [6.45, 7) is 2.38. The molecule has 6 heteroatoms. The highest BCUT2D eigenvalue weighted by molar-refractivity contribution is 5.86. The molecule has 5 nitrogen and oxygen atoms in total. The number of aromatic nitrogens is 2. The maximum atomic E-state index is 13.4. The van der Waals surface area contributed by atoms with Crippen molar-refractivity contribution in [2.24, 2.45) is 0 Å². The van der Waals surface area contributed by atoms with E-state index in [-0.39, 0.29) is 11.4 Å². The SMILES string of the molecule is CCOc1cccc2cc3c(=O)n(-c4cccc(F)c4)nc-3oc12. The first-order valence-electron chi connectivity index (χ1n) is 7.51. The van der Waals surface area contributed by atoms with E-state index < -0.39 is 5.82 Å². The van der Waals surface area contributed by atoms with Gasteiger partial charge in [0.1, 0.15) is 11.4 Å². The fraction of sp³-hybridized carbons (Fsp3) is 0.111. The molecule has 0 amide bonds. The third-order valence-electron chi connectivity index (χ3n) is 3.70. The van der Waals surface area contributed by atoms with E-state index in [1.165, 1.54) is 18.2 Å². The lowest BCUT2D eigenvalue weighted by Gasteiger charge is -2.06. The highest BCUT2D eigenvalue weighted by atomic mass is 19.1. The average molecular weight is 324 g/mol. The number of halogens is 1. The van der Waals surface area contributed by atoms with Gasteiger partial charge in [-0.15, -0.1) is 5.10 Å². The molecule has 0 radical (unpaired) electrons. The fourth-order valence-corrected chi connectivity index (χ4v) is 2.65. The Kier molecular flexibility index (Phi) is 3.30. The molecule has 120 valence electrons. The van der Waals surface area contributed by atoms with E-state index in [2.05, 4.69) is 5.10 Å². The van der Waals surface area contributed by atoms with E-state index in [0.29, 0.717) is 29.2 Å². The zero-order valence-corrected chi connectivity index (χ0v) is 12.8. The van der Waals surface area contributed by atoms with E-state index in [9.17, 15) is 9.18 Å². The lowest BCUT2D eigenvalue weighted by molar-refractivity contribution is 0.338. The maximum Gasteiger partial charge on any atom is 0.284 e. The van der Waals surface area contributed by atoms with Gasteiger partial charge in [0.25, 0.3) is 5.56 Å². The van der Waals surface area contributed by atoms with Crippen LogP contribution in [0.4, 0.5) is 4.39 Å². The van der Waals surface area contributed by atoms with Crippen LogP contribution in [0.15, 0.2) is 57.7 Å². The van der Waals surface area contributed by atoms with Gasteiger partial charge >= 0.3 is 0 Å². The van der Waals surface area contributed by atoms with Crippen LogP contribution >= 0.6 is 0 Å². The number of hydrogen-bond donors (Lipinski definition) is 0. The monoisotopic (exact) mass is 324 g/mol. The Balaban J connectivity index is 1.99. The maximum absolute atomic E-state index is 13.4. The highest BCUT2D eigenvalue weighted by Gasteiger charge is 2.20. The molecule has 0 saturated carbocycles. The second-order valence-corrected chi connectivity index (χ2v) is 5.27. The molecule has 0 spiro atoms. The lowest BCUT2D eigenvalue weighted by atomic mass is 10.1. The van der Waals surface area contributed by atoms with Crippen LogP contribution in [0, 0.1) is 5.82 Å². The summed E-state index contributed by atoms with van der Waals surface area (Å²) in [6.07, 6.45) is 0. The average Bonchev–Trinajstić information content (AvgIpc) is 2.90. The predicted octanol–water partition coefficient (Wildman–Crippen LogP) is 3.62. The topological polar surface area (TPSA) is 57.3 Å². The van der Waals surface area contributed by atoms with Crippen LogP contribution in [-0.2, 0) is 0 Å². The molecule has 0 aromatic heterocycles. The second kappa shape index (κ2) is 5.49. The van der Waals surface area contributed by atoms with Crippen LogP contribution in [0.1, 0.15) is 6.92 Å². The Labute approximate surface area is 136 Å². The van der Waals surface area contributed by atoms with Crippen LogP contribution in [0.2, 0.25) is 0 Å². The third kappa shape index (κ3) is 2.23. The Morgan fingerprint density at radius 1 is 1.21 bits per heavy atom. The van der Waals surface area contributed by atoms with Crippen molar-refractivity contribution in [3.8, 4) is 22.9 Å². The summed E-state index contributed by atoms with van der Waals surface area (Å²) < 4.78 is 25.9. The van der Waals surface area contributed by atoms with Crippen molar-refractivity contribution in [1.82, 2.24) is 9.78 Å². The Hall–Kier alpha value is -3.15. The van der Waals surface area contributed by atoms with Crippen LogP contribution in [0.5, 0.6) is 5.75 Å². The first kappa shape index (κ1) is 14.4. The van der Waals surface area contributed by atoms with E-state index in [1.54, 1.807) is 18.2 Å². The summed E-state index contributed by atoms with van der Waals surface area (Å²) in [4.78, 5) is 12.6. The largest absolute Gasteiger partial charge is 0.490 e. The van der Waals surface area contributed by atoms with Gasteiger partial charge in [-0.25, -0.2) is 4.39 Å². The molecule has 24 heavy (non-hydrogen) atoms. The van der Waals surface area contributed by atoms with Gasteiger partial charge in [-0.05, 0) is 37.3 Å². The van der Waals surface area contributed by atoms with Crippen LogP contribution in [-0.4, -0.2) is 16.4 Å². The van der Waals surface area contributed by atoms with Crippen molar-refractivity contribution in [2.75, 3.05) is 6.61 Å². The second-order valence-electron chi connectivity index (χ2n) is 5.27. The van der Waals surface area contributed by atoms with Crippen molar-refractivity contribution in [2.45, 2.75) is 6.92 Å². The van der Waals surface area contributed by atoms with Gasteiger partial charge in [0.15, 0.2) is 11.3 Å². The molecule has 0 atom stereocenters. The van der Waals surface area contributed by atoms with Crippen molar-refractivity contribution in [3.63, 3.8) is 0 Å². The molecule has 2 aliphatic rings. The van der Waals surface area contributed by atoms with E-state index in [0.717, 1.165) is 10.1 Å². The molecule has 0 unspecified atom stereocenters. The molecule has 2 heterocycles. The van der Waals surface area contributed by atoms with Crippen LogP contribution < -0.4 is 10.3 Å². The Bertz CT molecular complexity index is 1070. The van der Waals surface area contributed by atoms with Crippen molar-refractivity contribution >= 4 is 11.0 Å². The minimum absolute atomic E-state index is 0.184. The zero-order chi connectivity index (χ0) is 16.7. The summed E-state index contributed by atoms with van der Waals surface area (Å²) in [5.41, 5.74) is 0.847. The molecule has 2 aromatic rings. The predicted molar refractivity (Wildman–Crippen MR) is 87.4 cm³/mol. The number of fused-ring (bicyclic) bond motifs is 2. The van der Waals surface area contributed by atoms with Gasteiger partial charge in [0.2, 0.25) is 5.89 Å². The number of para-hydroxylation sites is 1. The molecule has 0 N–H and O–H groups in total. The summed E-state index contributed by atoms with van der Waals surface area (Å²) >= 11 is 0. The molecular weight excluding hydrogens is 311 g/mol. The molecule has 4 rings (SSSR count). The number of benzene rings is 2. The third-order valence-corrected chi connectivity index (χ3v) is 3.70. The minimum atomic E-state index is -0.438. The quantitative estimate of drug-likeness (QED) is 0.577. The fourth-order valence-electron chi connectivity index (χ4n) is 2.65. The minimum Gasteiger partial charge on any atom is -0.490 e. The van der Waals surface area contributed by atoms with Crippen molar-refractivity contribution in [1.29, 1.82) is 0 Å². The van der Waals surface area contributed by atoms with Crippen molar-refractivity contribution < 1.29 is 13.5 Å². The van der Waals surface area contributed by atoms with E-state index in [1.807, 2.05) is 19.1 Å². The molecule has 0 bridgehead atoms. The van der Waals surface area contributed by atoms with Crippen LogP contribution in [0.3, 0.4) is 0 Å². The van der Waals surface area contributed by atoms with Gasteiger partial charge in [0.05, 0.1) is 12.3 Å². The van der Waals surface area contributed by atoms with Crippen LogP contribution in [0.25, 0.3) is 28.1 Å². The molecule has 0 fully saturated rings. The number of rotatable bonds is 3. The van der Waals surface area contributed by atoms with Gasteiger partial charge < -0.3 is 9.15 Å². The summed E-state index contributed by atoms with van der Waals surface area (Å²) in [5, 5.41) is 4.93. The molecule has 2 aromatic carbocycles. The molecule has 0 saturated heterocycles. The Morgan fingerprint density at radius 2 is 2.04 bits per heavy atom. The standard InChI is InChI=1S/C18H13FN2O3/c1-2-23-15-8-3-5-11-9-14-17(24-16(11)15)20-21(18(14)22)13-7-4-6-12(19)10-13/h3-10H,2H2,1H3. The lowest BCUT2D eigenvalue weighted by Crippen LogP contribution is -2.14. The number of ether oxygens (including phenoxy) is 1. The molecular formula is C18H13FN2O3. The van der Waals surface area contributed by atoms with Gasteiger partial charge in [-0.3, -0.25) is 4.79 Å². The van der Waals surface area contributed by atoms with Gasteiger partial charge in [-0.2, -0.15) is 4.68 Å². The van der Waals surface area contributed by atoms with Gasteiger partial charge in [-0.1, -0.05) is 18.2 Å².